The van der Waals surface area contributed by atoms with E-state index in [2.05, 4.69) is 10.3 Å². The minimum absolute atomic E-state index is 0.166. The normalized spacial score (nSPS) is 14.4. The van der Waals surface area contributed by atoms with Gasteiger partial charge in [-0.3, -0.25) is 4.79 Å². The second-order valence-electron chi connectivity index (χ2n) is 4.81. The van der Waals surface area contributed by atoms with Crippen molar-refractivity contribution in [1.29, 1.82) is 0 Å². The highest BCUT2D eigenvalue weighted by atomic mass is 16.3. The maximum atomic E-state index is 11.9. The van der Waals surface area contributed by atoms with Crippen LogP contribution in [0.25, 0.3) is 10.9 Å². The van der Waals surface area contributed by atoms with Crippen molar-refractivity contribution in [2.24, 2.45) is 0 Å². The van der Waals surface area contributed by atoms with Gasteiger partial charge in [-0.25, -0.2) is 0 Å². The highest BCUT2D eigenvalue weighted by Crippen LogP contribution is 2.14. The summed E-state index contributed by atoms with van der Waals surface area (Å²) >= 11 is 0. The second-order valence-corrected chi connectivity index (χ2v) is 4.81. The van der Waals surface area contributed by atoms with Gasteiger partial charge >= 0.3 is 0 Å². The molecule has 1 aromatic heterocycles. The fourth-order valence-corrected chi connectivity index (χ4v) is 1.69. The third-order valence-corrected chi connectivity index (χ3v) is 3.21. The van der Waals surface area contributed by atoms with Crippen LogP contribution in [0.5, 0.6) is 0 Å². The Labute approximate surface area is 106 Å². The Morgan fingerprint density at radius 3 is 2.94 bits per heavy atom. The molecule has 0 saturated carbocycles. The summed E-state index contributed by atoms with van der Waals surface area (Å²) in [4.78, 5) is 15.0. The first-order valence-electron chi connectivity index (χ1n) is 6.09. The lowest BCUT2D eigenvalue weighted by molar-refractivity contribution is 0.0518. The summed E-state index contributed by atoms with van der Waals surface area (Å²) in [5, 5.41) is 13.7. The standard InChI is InChI=1S/C14H18N2O2/c1-3-14(2,18)9-16-13(17)11-5-4-10-6-7-15-12(10)8-11/h4-8,15,18H,3,9H2,1-2H3,(H,16,17). The van der Waals surface area contributed by atoms with E-state index in [9.17, 15) is 9.90 Å². The molecule has 0 aliphatic rings. The quantitative estimate of drug-likeness (QED) is 0.773. The lowest BCUT2D eigenvalue weighted by Crippen LogP contribution is -2.40. The zero-order valence-electron chi connectivity index (χ0n) is 10.7. The number of nitrogens with one attached hydrogen (secondary N) is 2. The monoisotopic (exact) mass is 246 g/mol. The Hall–Kier alpha value is -1.81. The number of H-pyrrole nitrogens is 1. The van der Waals surface area contributed by atoms with E-state index < -0.39 is 5.60 Å². The number of amides is 1. The second kappa shape index (κ2) is 4.82. The van der Waals surface area contributed by atoms with Gasteiger partial charge in [0.1, 0.15) is 0 Å². The average Bonchev–Trinajstić information content (AvgIpc) is 2.83. The molecule has 0 fully saturated rings. The molecule has 18 heavy (non-hydrogen) atoms. The smallest absolute Gasteiger partial charge is 0.251 e. The number of hydrogen-bond acceptors (Lipinski definition) is 2. The van der Waals surface area contributed by atoms with E-state index in [1.54, 1.807) is 13.0 Å². The van der Waals surface area contributed by atoms with Crippen molar-refractivity contribution < 1.29 is 9.90 Å². The van der Waals surface area contributed by atoms with Gasteiger partial charge in [-0.2, -0.15) is 0 Å². The zero-order valence-corrected chi connectivity index (χ0v) is 10.7. The van der Waals surface area contributed by atoms with E-state index in [0.717, 1.165) is 10.9 Å². The van der Waals surface area contributed by atoms with Crippen LogP contribution in [0.3, 0.4) is 0 Å². The summed E-state index contributed by atoms with van der Waals surface area (Å²) in [5.74, 6) is -0.166. The summed E-state index contributed by atoms with van der Waals surface area (Å²) in [6, 6.07) is 7.45. The molecule has 1 amide bonds. The number of aromatic nitrogens is 1. The van der Waals surface area contributed by atoms with Gasteiger partial charge < -0.3 is 15.4 Å². The molecule has 0 aliphatic heterocycles. The first kappa shape index (κ1) is 12.6. The summed E-state index contributed by atoms with van der Waals surface area (Å²) in [6.45, 7) is 3.85. The Bertz CT molecular complexity index is 558. The Kier molecular flexibility index (Phi) is 3.39. The molecule has 0 saturated heterocycles. The summed E-state index contributed by atoms with van der Waals surface area (Å²) in [5.41, 5.74) is 0.674. The SMILES string of the molecule is CCC(C)(O)CNC(=O)c1ccc2cc[nH]c2c1. The van der Waals surface area contributed by atoms with Crippen LogP contribution in [0.15, 0.2) is 30.5 Å². The number of fused-ring (bicyclic) bond motifs is 1. The van der Waals surface area contributed by atoms with Crippen molar-refractivity contribution in [3.05, 3.63) is 36.0 Å². The first-order chi connectivity index (χ1) is 8.52. The molecule has 1 heterocycles. The van der Waals surface area contributed by atoms with Crippen molar-refractivity contribution in [1.82, 2.24) is 10.3 Å². The van der Waals surface area contributed by atoms with E-state index in [4.69, 9.17) is 0 Å². The Morgan fingerprint density at radius 2 is 2.22 bits per heavy atom. The fourth-order valence-electron chi connectivity index (χ4n) is 1.69. The van der Waals surface area contributed by atoms with E-state index in [-0.39, 0.29) is 12.5 Å². The number of carbonyl (C=O) groups is 1. The number of benzene rings is 1. The lowest BCUT2D eigenvalue weighted by atomic mass is 10.0. The van der Waals surface area contributed by atoms with Gasteiger partial charge in [0.2, 0.25) is 0 Å². The zero-order chi connectivity index (χ0) is 13.2. The molecule has 1 atom stereocenters. The minimum atomic E-state index is -0.855. The van der Waals surface area contributed by atoms with E-state index in [1.807, 2.05) is 31.3 Å². The molecule has 0 aliphatic carbocycles. The van der Waals surface area contributed by atoms with Gasteiger partial charge in [0.25, 0.3) is 5.91 Å². The van der Waals surface area contributed by atoms with Crippen LogP contribution in [0, 0.1) is 0 Å². The number of hydrogen-bond donors (Lipinski definition) is 3. The van der Waals surface area contributed by atoms with Gasteiger partial charge in [-0.05, 0) is 36.9 Å². The van der Waals surface area contributed by atoms with Crippen LogP contribution >= 0.6 is 0 Å². The maximum absolute atomic E-state index is 11.9. The largest absolute Gasteiger partial charge is 0.388 e. The molecular weight excluding hydrogens is 228 g/mol. The van der Waals surface area contributed by atoms with Crippen molar-refractivity contribution in [2.45, 2.75) is 25.9 Å². The third-order valence-electron chi connectivity index (χ3n) is 3.21. The van der Waals surface area contributed by atoms with Crippen molar-refractivity contribution in [3.8, 4) is 0 Å². The van der Waals surface area contributed by atoms with Crippen LogP contribution in [0.2, 0.25) is 0 Å². The molecule has 1 unspecified atom stereocenters. The number of aliphatic hydroxyl groups is 1. The van der Waals surface area contributed by atoms with Crippen LogP contribution in [0.4, 0.5) is 0 Å². The van der Waals surface area contributed by atoms with Crippen molar-refractivity contribution in [3.63, 3.8) is 0 Å². The van der Waals surface area contributed by atoms with Crippen LogP contribution in [-0.2, 0) is 0 Å². The van der Waals surface area contributed by atoms with E-state index in [1.165, 1.54) is 0 Å². The Balaban J connectivity index is 2.08. The molecule has 4 nitrogen and oxygen atoms in total. The summed E-state index contributed by atoms with van der Waals surface area (Å²) in [6.07, 6.45) is 2.44. The molecule has 1 aromatic carbocycles. The molecule has 96 valence electrons. The average molecular weight is 246 g/mol. The van der Waals surface area contributed by atoms with Crippen molar-refractivity contribution >= 4 is 16.8 Å². The summed E-state index contributed by atoms with van der Waals surface area (Å²) in [7, 11) is 0. The van der Waals surface area contributed by atoms with E-state index in [0.29, 0.717) is 12.0 Å². The topological polar surface area (TPSA) is 65.1 Å². The molecule has 4 heteroatoms. The van der Waals surface area contributed by atoms with Crippen LogP contribution in [0.1, 0.15) is 30.6 Å². The lowest BCUT2D eigenvalue weighted by Gasteiger charge is -2.21. The molecule has 2 aromatic rings. The molecule has 0 spiro atoms. The predicted molar refractivity (Wildman–Crippen MR) is 71.5 cm³/mol. The van der Waals surface area contributed by atoms with Gasteiger partial charge in [0.15, 0.2) is 0 Å². The molecule has 0 radical (unpaired) electrons. The van der Waals surface area contributed by atoms with Gasteiger partial charge in [0, 0.05) is 23.8 Å². The van der Waals surface area contributed by atoms with E-state index >= 15 is 0 Å². The highest BCUT2D eigenvalue weighted by molar-refractivity contribution is 5.97. The molecule has 0 bridgehead atoms. The van der Waals surface area contributed by atoms with Gasteiger partial charge in [-0.15, -0.1) is 0 Å². The van der Waals surface area contributed by atoms with Crippen molar-refractivity contribution in [2.75, 3.05) is 6.54 Å². The first-order valence-corrected chi connectivity index (χ1v) is 6.09. The van der Waals surface area contributed by atoms with Gasteiger partial charge in [0.05, 0.1) is 5.60 Å². The van der Waals surface area contributed by atoms with Crippen LogP contribution < -0.4 is 5.32 Å². The summed E-state index contributed by atoms with van der Waals surface area (Å²) < 4.78 is 0. The minimum Gasteiger partial charge on any atom is -0.388 e. The number of rotatable bonds is 4. The molecule has 3 N–H and O–H groups in total. The maximum Gasteiger partial charge on any atom is 0.251 e. The molecular formula is C14H18N2O2. The Morgan fingerprint density at radius 1 is 1.44 bits per heavy atom. The number of carbonyl (C=O) groups excluding carboxylic acids is 1. The molecule has 2 rings (SSSR count). The third kappa shape index (κ3) is 2.71. The van der Waals surface area contributed by atoms with Crippen LogP contribution in [-0.4, -0.2) is 28.1 Å². The van der Waals surface area contributed by atoms with Gasteiger partial charge in [-0.1, -0.05) is 13.0 Å². The number of aromatic amines is 1. The predicted octanol–water partition coefficient (Wildman–Crippen LogP) is 2.06. The fraction of sp³-hybridized carbons (Fsp3) is 0.357. The highest BCUT2D eigenvalue weighted by Gasteiger charge is 2.18.